The summed E-state index contributed by atoms with van der Waals surface area (Å²) in [7, 11) is 0. The molecule has 4 heterocycles. The third kappa shape index (κ3) is 5.14. The van der Waals surface area contributed by atoms with Gasteiger partial charge in [-0.3, -0.25) is 0 Å². The molecule has 0 aromatic heterocycles. The normalized spacial score (nSPS) is 14.9. The summed E-state index contributed by atoms with van der Waals surface area (Å²) in [6.45, 7) is 13.6. The van der Waals surface area contributed by atoms with Gasteiger partial charge in [-0.15, -0.1) is 0 Å². The van der Waals surface area contributed by atoms with Crippen molar-refractivity contribution in [2.45, 2.75) is 57.8 Å². The van der Waals surface area contributed by atoms with Crippen molar-refractivity contribution >= 4 is 57.2 Å². The van der Waals surface area contributed by atoms with E-state index in [0.29, 0.717) is 0 Å². The number of anilines is 6. The second-order valence-electron chi connectivity index (χ2n) is 19.3. The number of hydrogen-bond donors (Lipinski definition) is 0. The van der Waals surface area contributed by atoms with Crippen LogP contribution in [-0.4, -0.2) is 6.71 Å². The van der Waals surface area contributed by atoms with Gasteiger partial charge >= 0.3 is 0 Å². The van der Waals surface area contributed by atoms with Gasteiger partial charge in [0.25, 0.3) is 6.71 Å². The van der Waals surface area contributed by atoms with Crippen molar-refractivity contribution in [2.75, 3.05) is 9.80 Å². The zero-order valence-electron chi connectivity index (χ0n) is 36.0. The summed E-state index contributed by atoms with van der Waals surface area (Å²) in [6.07, 6.45) is 0. The zero-order valence-corrected chi connectivity index (χ0v) is 36.0. The van der Waals surface area contributed by atoms with Gasteiger partial charge in [-0.25, -0.2) is 0 Å². The molecule has 0 saturated carbocycles. The first-order valence-corrected chi connectivity index (χ1v) is 21.9. The van der Waals surface area contributed by atoms with Crippen molar-refractivity contribution in [3.63, 3.8) is 0 Å². The molecule has 0 aliphatic carbocycles. The first-order valence-electron chi connectivity index (χ1n) is 21.9. The summed E-state index contributed by atoms with van der Waals surface area (Å²) in [5, 5.41) is 0. The Balaban J connectivity index is 1.10. The average molecular weight is 803 g/mol. The number of fused-ring (bicyclic) bond motifs is 12. The lowest BCUT2D eigenvalue weighted by atomic mass is 9.34. The summed E-state index contributed by atoms with van der Waals surface area (Å²) in [4.78, 5) is 4.87. The van der Waals surface area contributed by atoms with E-state index < -0.39 is 5.41 Å². The fourth-order valence-corrected chi connectivity index (χ4v) is 10.7. The Morgan fingerprint density at radius 3 is 1.16 bits per heavy atom. The van der Waals surface area contributed by atoms with Crippen molar-refractivity contribution in [3.05, 3.63) is 209 Å². The van der Waals surface area contributed by atoms with E-state index in [-0.39, 0.29) is 17.5 Å². The molecule has 0 N–H and O–H groups in total. The minimum absolute atomic E-state index is 0.0309. The van der Waals surface area contributed by atoms with Crippen LogP contribution >= 0.6 is 0 Å². The van der Waals surface area contributed by atoms with Crippen molar-refractivity contribution in [1.82, 2.24) is 0 Å². The number of para-hydroxylation sites is 5. The van der Waals surface area contributed by atoms with Gasteiger partial charge in [0.15, 0.2) is 0 Å². The van der Waals surface area contributed by atoms with E-state index in [2.05, 4.69) is 227 Å². The fraction of sp³-hybridized carbons (Fsp3) is 0.158. The monoisotopic (exact) mass is 802 g/mol. The van der Waals surface area contributed by atoms with Crippen molar-refractivity contribution < 1.29 is 9.47 Å². The smallest absolute Gasteiger partial charge is 0.260 e. The standard InChI is InChI=1S/C57H47BN2O2/c1-55(2,3)36-28-30-44-50(32-36)61-52-34-39(35-53-54(52)58(44)45-31-29-37(56(4,5)6)33-51(45)62-53)60-48-26-16-12-22-42(48)57(43-23-13-17-27-49(43)60)40-20-10-14-24-46(40)59(38-18-8-7-9-19-38)47-25-15-11-21-41(47)57/h7-35H,1-6H3. The van der Waals surface area contributed by atoms with Gasteiger partial charge in [0.1, 0.15) is 23.0 Å². The van der Waals surface area contributed by atoms with Crippen molar-refractivity contribution in [3.8, 4) is 23.0 Å². The van der Waals surface area contributed by atoms with E-state index in [1.54, 1.807) is 0 Å². The molecule has 0 saturated heterocycles. The second-order valence-corrected chi connectivity index (χ2v) is 19.3. The van der Waals surface area contributed by atoms with Gasteiger partial charge in [-0.1, -0.05) is 157 Å². The van der Waals surface area contributed by atoms with Crippen molar-refractivity contribution in [1.29, 1.82) is 0 Å². The van der Waals surface area contributed by atoms with Gasteiger partial charge in [-0.2, -0.15) is 0 Å². The lowest BCUT2D eigenvalue weighted by Crippen LogP contribution is -2.57. The first kappa shape index (κ1) is 36.8. The predicted molar refractivity (Wildman–Crippen MR) is 256 cm³/mol. The van der Waals surface area contributed by atoms with Crippen LogP contribution in [0.2, 0.25) is 0 Å². The predicted octanol–water partition coefficient (Wildman–Crippen LogP) is 13.0. The largest absolute Gasteiger partial charge is 0.458 e. The quantitative estimate of drug-likeness (QED) is 0.163. The maximum atomic E-state index is 7.10. The van der Waals surface area contributed by atoms with E-state index in [9.17, 15) is 0 Å². The second kappa shape index (κ2) is 13.0. The van der Waals surface area contributed by atoms with Gasteiger partial charge in [-0.05, 0) is 104 Å². The van der Waals surface area contributed by atoms with Gasteiger partial charge in [0.2, 0.25) is 0 Å². The molecule has 8 aromatic carbocycles. The summed E-state index contributed by atoms with van der Waals surface area (Å²) in [6, 6.07) is 64.8. The Morgan fingerprint density at radius 2 is 0.758 bits per heavy atom. The molecule has 0 fully saturated rings. The van der Waals surface area contributed by atoms with Gasteiger partial charge in [0.05, 0.1) is 33.9 Å². The van der Waals surface area contributed by atoms with Crippen LogP contribution in [0.4, 0.5) is 34.1 Å². The van der Waals surface area contributed by atoms with Gasteiger partial charge in [0, 0.05) is 23.3 Å². The van der Waals surface area contributed by atoms with E-state index >= 15 is 0 Å². The lowest BCUT2D eigenvalue weighted by molar-refractivity contribution is 0.461. The molecule has 8 aromatic rings. The highest BCUT2D eigenvalue weighted by molar-refractivity contribution is 6.98. The Kier molecular flexibility index (Phi) is 7.73. The van der Waals surface area contributed by atoms with Crippen LogP contribution < -0.4 is 35.7 Å². The molecular weight excluding hydrogens is 755 g/mol. The minimum atomic E-state index is -0.618. The average Bonchev–Trinajstić information content (AvgIpc) is 3.28. The Bertz CT molecular complexity index is 2950. The molecule has 0 unspecified atom stereocenters. The van der Waals surface area contributed by atoms with E-state index in [1.807, 2.05) is 0 Å². The van der Waals surface area contributed by atoms with Crippen LogP contribution in [0.3, 0.4) is 0 Å². The van der Waals surface area contributed by atoms with Crippen LogP contribution in [0.25, 0.3) is 0 Å². The molecule has 0 atom stereocenters. The molecular formula is C57H47BN2O2. The number of rotatable bonds is 2. The number of benzene rings is 8. The molecule has 0 radical (unpaired) electrons. The molecule has 300 valence electrons. The summed E-state index contributed by atoms with van der Waals surface area (Å²) in [5.74, 6) is 3.47. The van der Waals surface area contributed by atoms with Crippen molar-refractivity contribution in [2.24, 2.45) is 0 Å². The molecule has 12 rings (SSSR count). The molecule has 62 heavy (non-hydrogen) atoms. The number of hydrogen-bond acceptors (Lipinski definition) is 4. The Morgan fingerprint density at radius 1 is 0.387 bits per heavy atom. The Hall–Kier alpha value is -6.98. The van der Waals surface area contributed by atoms with Crippen LogP contribution in [0.1, 0.15) is 74.9 Å². The molecule has 0 amide bonds. The van der Waals surface area contributed by atoms with Crippen LogP contribution in [0.15, 0.2) is 176 Å². The highest BCUT2D eigenvalue weighted by Crippen LogP contribution is 2.64. The fourth-order valence-electron chi connectivity index (χ4n) is 10.7. The molecule has 1 spiro atoms. The third-order valence-corrected chi connectivity index (χ3v) is 13.7. The Labute approximate surface area is 365 Å². The maximum absolute atomic E-state index is 7.10. The summed E-state index contributed by atoms with van der Waals surface area (Å²) < 4.78 is 14.2. The van der Waals surface area contributed by atoms with Crippen LogP contribution in [0, 0.1) is 0 Å². The number of ether oxygens (including phenoxy) is 2. The number of nitrogens with zero attached hydrogens (tertiary/aromatic N) is 2. The molecule has 4 nitrogen and oxygen atoms in total. The SMILES string of the molecule is CC(C)(C)c1ccc2c(c1)Oc1cc(N3c4ccccc4C4(c5ccccc5N(c5ccccc5)c5ccccc54)c4ccccc43)cc3c1B2c1ccc(C(C)(C)C)cc1O3. The molecule has 4 aliphatic heterocycles. The molecule has 4 aliphatic rings. The van der Waals surface area contributed by atoms with Crippen LogP contribution in [-0.2, 0) is 16.2 Å². The highest BCUT2D eigenvalue weighted by atomic mass is 16.5. The maximum Gasteiger partial charge on any atom is 0.260 e. The van der Waals surface area contributed by atoms with E-state index in [1.165, 1.54) is 55.7 Å². The lowest BCUT2D eigenvalue weighted by Gasteiger charge is -2.51. The summed E-state index contributed by atoms with van der Waals surface area (Å²) >= 11 is 0. The minimum Gasteiger partial charge on any atom is -0.458 e. The van der Waals surface area contributed by atoms with E-state index in [0.717, 1.165) is 51.2 Å². The van der Waals surface area contributed by atoms with Crippen LogP contribution in [0.5, 0.6) is 23.0 Å². The summed E-state index contributed by atoms with van der Waals surface area (Å²) in [5.41, 5.74) is 16.8. The topological polar surface area (TPSA) is 24.9 Å². The van der Waals surface area contributed by atoms with E-state index in [4.69, 9.17) is 9.47 Å². The molecule has 0 bridgehead atoms. The zero-order chi connectivity index (χ0) is 42.1. The third-order valence-electron chi connectivity index (χ3n) is 13.7. The van der Waals surface area contributed by atoms with Gasteiger partial charge < -0.3 is 19.3 Å². The molecule has 5 heteroatoms. The highest BCUT2D eigenvalue weighted by Gasteiger charge is 2.52. The first-order chi connectivity index (χ1) is 30.0.